The van der Waals surface area contributed by atoms with Crippen LogP contribution >= 0.6 is 39.9 Å². The van der Waals surface area contributed by atoms with Gasteiger partial charge in [-0.2, -0.15) is 0 Å². The fourth-order valence-corrected chi connectivity index (χ4v) is 3.85. The number of hydrogen-bond acceptors (Lipinski definition) is 4. The van der Waals surface area contributed by atoms with E-state index in [1.807, 2.05) is 30.3 Å². The molecule has 23 heavy (non-hydrogen) atoms. The van der Waals surface area contributed by atoms with E-state index in [1.54, 1.807) is 4.90 Å². The van der Waals surface area contributed by atoms with Crippen LogP contribution in [-0.4, -0.2) is 32.7 Å². The molecule has 1 N–H and O–H groups in total. The Kier molecular flexibility index (Phi) is 6.80. The van der Waals surface area contributed by atoms with Gasteiger partial charge in [-0.1, -0.05) is 64.5 Å². The average molecular weight is 414 g/mol. The highest BCUT2D eigenvalue weighted by Gasteiger charge is 2.31. The number of nitrogens with zero attached hydrogens (tertiary/aromatic N) is 1. The number of hydrogen-bond donors (Lipinski definition) is 1. The van der Waals surface area contributed by atoms with Crippen molar-refractivity contribution >= 4 is 62.2 Å². The van der Waals surface area contributed by atoms with Gasteiger partial charge in [0.15, 0.2) is 0 Å². The number of unbranched alkanes of at least 4 members (excludes halogenated alkanes) is 2. The van der Waals surface area contributed by atoms with Gasteiger partial charge in [-0.05, 0) is 30.5 Å². The molecule has 1 aliphatic heterocycles. The minimum Gasteiger partial charge on any atom is -0.481 e. The third-order valence-corrected chi connectivity index (χ3v) is 5.44. The lowest BCUT2D eigenvalue weighted by molar-refractivity contribution is -0.137. The first-order valence-electron chi connectivity index (χ1n) is 7.20. The molecule has 0 unspecified atom stereocenters. The zero-order chi connectivity index (χ0) is 16.8. The Morgan fingerprint density at radius 2 is 2.04 bits per heavy atom. The van der Waals surface area contributed by atoms with Crippen LogP contribution in [0.4, 0.5) is 0 Å². The van der Waals surface area contributed by atoms with Crippen molar-refractivity contribution in [2.24, 2.45) is 0 Å². The zero-order valence-electron chi connectivity index (χ0n) is 12.3. The van der Waals surface area contributed by atoms with Crippen molar-refractivity contribution in [3.05, 3.63) is 39.2 Å². The van der Waals surface area contributed by atoms with E-state index >= 15 is 0 Å². The van der Waals surface area contributed by atoms with Crippen molar-refractivity contribution in [2.75, 3.05) is 6.54 Å². The molecule has 0 aliphatic carbocycles. The first kappa shape index (κ1) is 18.2. The normalized spacial score (nSPS) is 16.4. The summed E-state index contributed by atoms with van der Waals surface area (Å²) in [5.41, 5.74) is 0.939. The Morgan fingerprint density at radius 1 is 1.30 bits per heavy atom. The largest absolute Gasteiger partial charge is 0.481 e. The number of benzene rings is 1. The number of carbonyl (C=O) groups is 2. The number of amides is 1. The van der Waals surface area contributed by atoms with Gasteiger partial charge in [0.1, 0.15) is 4.32 Å². The number of aliphatic carboxylic acids is 1. The summed E-state index contributed by atoms with van der Waals surface area (Å²) in [6.07, 6.45) is 4.15. The van der Waals surface area contributed by atoms with Gasteiger partial charge in [0.05, 0.1) is 4.91 Å². The number of rotatable bonds is 7. The third-order valence-electron chi connectivity index (χ3n) is 3.34. The molecule has 4 nitrogen and oxygen atoms in total. The van der Waals surface area contributed by atoms with Crippen LogP contribution < -0.4 is 0 Å². The molecular weight excluding hydrogens is 398 g/mol. The quantitative estimate of drug-likeness (QED) is 0.410. The molecule has 0 saturated carbocycles. The van der Waals surface area contributed by atoms with Crippen LogP contribution in [0.1, 0.15) is 31.2 Å². The maximum absolute atomic E-state index is 12.4. The maximum atomic E-state index is 12.4. The molecule has 122 valence electrons. The summed E-state index contributed by atoms with van der Waals surface area (Å²) in [6, 6.07) is 7.70. The highest BCUT2D eigenvalue weighted by molar-refractivity contribution is 9.10. The number of thiocarbonyl (C=S) groups is 1. The summed E-state index contributed by atoms with van der Waals surface area (Å²) in [7, 11) is 0. The van der Waals surface area contributed by atoms with Crippen LogP contribution in [-0.2, 0) is 9.59 Å². The predicted octanol–water partition coefficient (Wildman–Crippen LogP) is 4.30. The average Bonchev–Trinajstić information content (AvgIpc) is 2.76. The summed E-state index contributed by atoms with van der Waals surface area (Å²) in [5, 5.41) is 8.61. The molecule has 7 heteroatoms. The van der Waals surface area contributed by atoms with Crippen LogP contribution in [0.15, 0.2) is 33.6 Å². The Hall–Kier alpha value is -1.18. The van der Waals surface area contributed by atoms with Crippen LogP contribution in [0.3, 0.4) is 0 Å². The zero-order valence-corrected chi connectivity index (χ0v) is 15.5. The van der Waals surface area contributed by atoms with Crippen molar-refractivity contribution in [2.45, 2.75) is 25.7 Å². The van der Waals surface area contributed by atoms with Gasteiger partial charge in [0, 0.05) is 17.4 Å². The minimum atomic E-state index is -0.785. The van der Waals surface area contributed by atoms with E-state index in [1.165, 1.54) is 11.8 Å². The molecule has 0 spiro atoms. The fourth-order valence-electron chi connectivity index (χ4n) is 2.15. The van der Waals surface area contributed by atoms with E-state index in [2.05, 4.69) is 15.9 Å². The summed E-state index contributed by atoms with van der Waals surface area (Å²) in [5.74, 6) is -0.860. The Bertz CT molecular complexity index is 660. The molecule has 0 atom stereocenters. The molecular formula is C16H16BrNO3S2. The van der Waals surface area contributed by atoms with Gasteiger partial charge in [-0.3, -0.25) is 14.5 Å². The molecule has 1 aromatic carbocycles. The van der Waals surface area contributed by atoms with Gasteiger partial charge in [-0.25, -0.2) is 0 Å². The molecule has 0 aromatic heterocycles. The summed E-state index contributed by atoms with van der Waals surface area (Å²) >= 11 is 10.1. The van der Waals surface area contributed by atoms with Gasteiger partial charge in [-0.15, -0.1) is 0 Å². The van der Waals surface area contributed by atoms with Crippen LogP contribution in [0.5, 0.6) is 0 Å². The molecule has 1 saturated heterocycles. The standard InChI is InChI=1S/C16H16BrNO3S2/c17-12-7-4-3-6-11(12)10-13-15(21)18(16(22)23-13)9-5-1-2-8-14(19)20/h3-4,6-7,10H,1-2,5,8-9H2,(H,19,20)/b13-10+. The number of thioether (sulfide) groups is 1. The Balaban J connectivity index is 1.95. The second-order valence-corrected chi connectivity index (χ2v) is 7.59. The number of carboxylic acid groups (broad SMARTS) is 1. The van der Waals surface area contributed by atoms with Gasteiger partial charge in [0.2, 0.25) is 0 Å². The molecule has 1 fully saturated rings. The highest BCUT2D eigenvalue weighted by atomic mass is 79.9. The molecule has 1 heterocycles. The minimum absolute atomic E-state index is 0.0750. The third kappa shape index (κ3) is 5.16. The van der Waals surface area contributed by atoms with Gasteiger partial charge >= 0.3 is 5.97 Å². The molecule has 0 bridgehead atoms. The molecule has 0 radical (unpaired) electrons. The van der Waals surface area contributed by atoms with E-state index < -0.39 is 5.97 Å². The summed E-state index contributed by atoms with van der Waals surface area (Å²) in [6.45, 7) is 0.539. The lowest BCUT2D eigenvalue weighted by atomic mass is 10.2. The van der Waals surface area contributed by atoms with E-state index in [0.29, 0.717) is 22.2 Å². The van der Waals surface area contributed by atoms with Gasteiger partial charge < -0.3 is 5.11 Å². The second kappa shape index (κ2) is 8.61. The molecule has 1 amide bonds. The van der Waals surface area contributed by atoms with Crippen LogP contribution in [0.25, 0.3) is 6.08 Å². The molecule has 2 rings (SSSR count). The van der Waals surface area contributed by atoms with E-state index in [0.717, 1.165) is 22.9 Å². The smallest absolute Gasteiger partial charge is 0.303 e. The summed E-state index contributed by atoms with van der Waals surface area (Å²) < 4.78 is 1.49. The van der Waals surface area contributed by atoms with Crippen molar-refractivity contribution in [1.82, 2.24) is 4.90 Å². The van der Waals surface area contributed by atoms with Crippen LogP contribution in [0, 0.1) is 0 Å². The number of carbonyl (C=O) groups excluding carboxylic acids is 1. The first-order chi connectivity index (χ1) is 11.0. The topological polar surface area (TPSA) is 57.6 Å². The fraction of sp³-hybridized carbons (Fsp3) is 0.312. The van der Waals surface area contributed by atoms with Crippen molar-refractivity contribution in [3.63, 3.8) is 0 Å². The second-order valence-electron chi connectivity index (χ2n) is 5.06. The Labute approximate surface area is 153 Å². The highest BCUT2D eigenvalue weighted by Crippen LogP contribution is 2.33. The predicted molar refractivity (Wildman–Crippen MR) is 100 cm³/mol. The SMILES string of the molecule is O=C(O)CCCCCN1C(=O)/C(=C\c2ccccc2Br)SC1=S. The lowest BCUT2D eigenvalue weighted by Crippen LogP contribution is -2.29. The van der Waals surface area contributed by atoms with Crippen molar-refractivity contribution < 1.29 is 14.7 Å². The van der Waals surface area contributed by atoms with Crippen molar-refractivity contribution in [1.29, 1.82) is 0 Å². The maximum Gasteiger partial charge on any atom is 0.303 e. The van der Waals surface area contributed by atoms with Crippen LogP contribution in [0.2, 0.25) is 0 Å². The Morgan fingerprint density at radius 3 is 2.74 bits per heavy atom. The number of carboxylic acids is 1. The van der Waals surface area contributed by atoms with E-state index in [4.69, 9.17) is 17.3 Å². The van der Waals surface area contributed by atoms with Gasteiger partial charge in [0.25, 0.3) is 5.91 Å². The first-order valence-corrected chi connectivity index (χ1v) is 9.22. The number of halogens is 1. The van der Waals surface area contributed by atoms with E-state index in [9.17, 15) is 9.59 Å². The van der Waals surface area contributed by atoms with Crippen molar-refractivity contribution in [3.8, 4) is 0 Å². The monoisotopic (exact) mass is 413 g/mol. The molecule has 1 aromatic rings. The summed E-state index contributed by atoms with van der Waals surface area (Å²) in [4.78, 5) is 25.1. The molecule has 1 aliphatic rings. The lowest BCUT2D eigenvalue weighted by Gasteiger charge is -2.13. The van der Waals surface area contributed by atoms with E-state index in [-0.39, 0.29) is 12.3 Å².